The van der Waals surface area contributed by atoms with Crippen molar-refractivity contribution in [2.75, 3.05) is 11.9 Å². The van der Waals surface area contributed by atoms with Gasteiger partial charge in [0.1, 0.15) is 11.4 Å². The molecule has 1 heterocycles. The molecule has 2 N–H and O–H groups in total. The number of ether oxygens (including phenoxy) is 1. The van der Waals surface area contributed by atoms with Gasteiger partial charge in [0.2, 0.25) is 0 Å². The molecule has 1 aromatic heterocycles. The zero-order valence-corrected chi connectivity index (χ0v) is 20.6. The van der Waals surface area contributed by atoms with Gasteiger partial charge in [0.15, 0.2) is 5.76 Å². The number of hydrogen-bond donors (Lipinski definition) is 2. The number of aromatic nitrogens is 1. The Labute approximate surface area is 215 Å². The van der Waals surface area contributed by atoms with Gasteiger partial charge in [-0.15, -0.1) is 0 Å². The van der Waals surface area contributed by atoms with E-state index in [4.69, 9.17) is 9.26 Å². The van der Waals surface area contributed by atoms with E-state index in [0.717, 1.165) is 34.2 Å². The zero-order chi connectivity index (χ0) is 25.8. The number of nitrogens with zero attached hydrogens (tertiary/aromatic N) is 1. The van der Waals surface area contributed by atoms with Crippen molar-refractivity contribution in [1.82, 2.24) is 5.16 Å². The molecule has 0 aliphatic heterocycles. The molecule has 1 aliphatic carbocycles. The van der Waals surface area contributed by atoms with Gasteiger partial charge in [0.05, 0.1) is 12.0 Å². The van der Waals surface area contributed by atoms with Gasteiger partial charge in [-0.3, -0.25) is 10.1 Å². The number of carbonyl (C=O) groups excluding carboxylic acids is 1. The third-order valence-corrected chi connectivity index (χ3v) is 7.09. The number of hydrogen-bond acceptors (Lipinski definition) is 5. The number of benzene rings is 3. The Morgan fingerprint density at radius 2 is 1.57 bits per heavy atom. The molecular formula is C30H28N2O5. The summed E-state index contributed by atoms with van der Waals surface area (Å²) in [5.41, 5.74) is 4.98. The van der Waals surface area contributed by atoms with E-state index < -0.39 is 17.5 Å². The minimum absolute atomic E-state index is 0.260. The summed E-state index contributed by atoms with van der Waals surface area (Å²) in [6, 6.07) is 25.3. The summed E-state index contributed by atoms with van der Waals surface area (Å²) >= 11 is 0. The number of aryl methyl sites for hydroxylation is 1. The van der Waals surface area contributed by atoms with Crippen molar-refractivity contribution in [3.63, 3.8) is 0 Å². The average Bonchev–Trinajstić information content (AvgIpc) is 3.24. The summed E-state index contributed by atoms with van der Waals surface area (Å²) in [6.07, 6.45) is 2.38. The first kappa shape index (κ1) is 24.3. The maximum Gasteiger partial charge on any atom is 0.411 e. The SMILES string of the molecule is Cc1noc(-c2ccc(-c3ccc(C4(C(=O)O)CCC4)cc3)cc2)c1NC(=O)OCCc1ccccc1. The molecule has 3 aromatic carbocycles. The maximum absolute atomic E-state index is 12.4. The molecular weight excluding hydrogens is 468 g/mol. The van der Waals surface area contributed by atoms with Crippen LogP contribution in [0.25, 0.3) is 22.5 Å². The van der Waals surface area contributed by atoms with Gasteiger partial charge in [-0.2, -0.15) is 0 Å². The van der Waals surface area contributed by atoms with E-state index in [1.165, 1.54) is 0 Å². The molecule has 188 valence electrons. The monoisotopic (exact) mass is 496 g/mol. The molecule has 0 unspecified atom stereocenters. The number of carbonyl (C=O) groups is 2. The lowest BCUT2D eigenvalue weighted by atomic mass is 9.64. The Hall–Kier alpha value is -4.39. The van der Waals surface area contributed by atoms with Gasteiger partial charge in [-0.05, 0) is 42.0 Å². The number of nitrogens with one attached hydrogen (secondary N) is 1. The minimum atomic E-state index is -0.748. The van der Waals surface area contributed by atoms with Crippen LogP contribution < -0.4 is 5.32 Å². The third-order valence-electron chi connectivity index (χ3n) is 7.09. The van der Waals surface area contributed by atoms with Gasteiger partial charge in [-0.25, -0.2) is 4.79 Å². The van der Waals surface area contributed by atoms with Crippen molar-refractivity contribution in [2.45, 2.75) is 38.0 Å². The van der Waals surface area contributed by atoms with Crippen LogP contribution in [-0.2, 0) is 21.4 Å². The highest BCUT2D eigenvalue weighted by atomic mass is 16.5. The van der Waals surface area contributed by atoms with Crippen molar-refractivity contribution in [2.24, 2.45) is 0 Å². The second kappa shape index (κ2) is 10.3. The Morgan fingerprint density at radius 1 is 0.946 bits per heavy atom. The first-order valence-electron chi connectivity index (χ1n) is 12.3. The number of rotatable bonds is 8. The summed E-state index contributed by atoms with van der Waals surface area (Å²) in [5.74, 6) is -0.296. The molecule has 0 radical (unpaired) electrons. The molecule has 1 amide bonds. The molecule has 0 spiro atoms. The van der Waals surface area contributed by atoms with Crippen molar-refractivity contribution in [3.8, 4) is 22.5 Å². The van der Waals surface area contributed by atoms with Crippen LogP contribution >= 0.6 is 0 Å². The van der Waals surface area contributed by atoms with E-state index in [2.05, 4.69) is 10.5 Å². The molecule has 1 aliphatic rings. The fourth-order valence-corrected chi connectivity index (χ4v) is 4.71. The van der Waals surface area contributed by atoms with Crippen LogP contribution in [0.1, 0.15) is 36.1 Å². The van der Waals surface area contributed by atoms with Crippen LogP contribution in [-0.4, -0.2) is 28.9 Å². The van der Waals surface area contributed by atoms with Crippen LogP contribution in [0.3, 0.4) is 0 Å². The first-order chi connectivity index (χ1) is 18.0. The van der Waals surface area contributed by atoms with Gasteiger partial charge in [-0.1, -0.05) is 90.4 Å². The molecule has 0 saturated heterocycles. The smallest absolute Gasteiger partial charge is 0.411 e. The van der Waals surface area contributed by atoms with Crippen molar-refractivity contribution in [1.29, 1.82) is 0 Å². The Kier molecular flexibility index (Phi) is 6.77. The molecule has 37 heavy (non-hydrogen) atoms. The summed E-state index contributed by atoms with van der Waals surface area (Å²) in [4.78, 5) is 24.2. The molecule has 0 atom stereocenters. The maximum atomic E-state index is 12.4. The van der Waals surface area contributed by atoms with E-state index in [1.807, 2.05) is 78.9 Å². The fraction of sp³-hybridized carbons (Fsp3) is 0.233. The second-order valence-electron chi connectivity index (χ2n) is 9.36. The Bertz CT molecular complexity index is 1390. The molecule has 1 fully saturated rings. The van der Waals surface area contributed by atoms with Crippen LogP contribution in [0.4, 0.5) is 10.5 Å². The van der Waals surface area contributed by atoms with Crippen LogP contribution in [0.2, 0.25) is 0 Å². The van der Waals surface area contributed by atoms with Crippen molar-refractivity contribution >= 4 is 17.7 Å². The number of aliphatic carboxylic acids is 1. The highest BCUT2D eigenvalue weighted by Gasteiger charge is 2.45. The number of carboxylic acids is 1. The molecule has 1 saturated carbocycles. The number of amides is 1. The quantitative estimate of drug-likeness (QED) is 0.284. The Morgan fingerprint density at radius 3 is 2.16 bits per heavy atom. The number of anilines is 1. The highest BCUT2D eigenvalue weighted by Crippen LogP contribution is 2.44. The number of carboxylic acid groups (broad SMARTS) is 1. The molecule has 0 bridgehead atoms. The van der Waals surface area contributed by atoms with E-state index in [9.17, 15) is 14.7 Å². The molecule has 7 heteroatoms. The fourth-order valence-electron chi connectivity index (χ4n) is 4.71. The van der Waals surface area contributed by atoms with Gasteiger partial charge in [0, 0.05) is 12.0 Å². The van der Waals surface area contributed by atoms with E-state index in [1.54, 1.807) is 6.92 Å². The molecule has 4 aromatic rings. The van der Waals surface area contributed by atoms with Crippen molar-refractivity contribution in [3.05, 3.63) is 95.7 Å². The van der Waals surface area contributed by atoms with E-state index in [0.29, 0.717) is 36.4 Å². The van der Waals surface area contributed by atoms with E-state index in [-0.39, 0.29) is 6.61 Å². The van der Waals surface area contributed by atoms with Gasteiger partial charge < -0.3 is 14.4 Å². The predicted octanol–water partition coefficient (Wildman–Crippen LogP) is 6.61. The van der Waals surface area contributed by atoms with E-state index >= 15 is 0 Å². The summed E-state index contributed by atoms with van der Waals surface area (Å²) in [6.45, 7) is 2.02. The lowest BCUT2D eigenvalue weighted by molar-refractivity contribution is -0.147. The third kappa shape index (κ3) is 4.98. The summed E-state index contributed by atoms with van der Waals surface area (Å²) < 4.78 is 10.9. The van der Waals surface area contributed by atoms with Crippen molar-refractivity contribution < 1.29 is 24.0 Å². The standard InChI is InChI=1S/C30H28N2O5/c1-20-26(31-29(35)36-19-16-21-6-3-2-4-7-21)27(37-32-20)24-10-8-22(9-11-24)23-12-14-25(15-13-23)30(28(33)34)17-5-18-30/h2-4,6-15H,5,16-19H2,1H3,(H,31,35)(H,33,34). The van der Waals surface area contributed by atoms with Gasteiger partial charge in [0.25, 0.3) is 0 Å². The second-order valence-corrected chi connectivity index (χ2v) is 9.36. The van der Waals surface area contributed by atoms with Crippen LogP contribution in [0.5, 0.6) is 0 Å². The van der Waals surface area contributed by atoms with Crippen LogP contribution in [0.15, 0.2) is 83.4 Å². The van der Waals surface area contributed by atoms with Crippen LogP contribution in [0, 0.1) is 6.92 Å². The zero-order valence-electron chi connectivity index (χ0n) is 20.6. The molecule has 5 rings (SSSR count). The average molecular weight is 497 g/mol. The Balaban J connectivity index is 1.26. The minimum Gasteiger partial charge on any atom is -0.481 e. The lowest BCUT2D eigenvalue weighted by Gasteiger charge is -2.38. The lowest BCUT2D eigenvalue weighted by Crippen LogP contribution is -2.42. The topological polar surface area (TPSA) is 102 Å². The largest absolute Gasteiger partial charge is 0.481 e. The summed E-state index contributed by atoms with van der Waals surface area (Å²) in [7, 11) is 0. The molecule has 7 nitrogen and oxygen atoms in total. The normalized spacial score (nSPS) is 14.0. The van der Waals surface area contributed by atoms with Gasteiger partial charge >= 0.3 is 12.1 Å². The first-order valence-corrected chi connectivity index (χ1v) is 12.3. The summed E-state index contributed by atoms with van der Waals surface area (Å²) in [5, 5.41) is 16.5. The predicted molar refractivity (Wildman–Crippen MR) is 140 cm³/mol. The highest BCUT2D eigenvalue weighted by molar-refractivity contribution is 5.91.